The van der Waals surface area contributed by atoms with Crippen LogP contribution in [0.2, 0.25) is 0 Å². The second kappa shape index (κ2) is 4.75. The molecular formula is C13H12N2O3. The molecule has 0 aliphatic rings. The van der Waals surface area contributed by atoms with Gasteiger partial charge in [0, 0.05) is 17.4 Å². The van der Waals surface area contributed by atoms with Crippen molar-refractivity contribution < 1.29 is 14.6 Å². The van der Waals surface area contributed by atoms with Gasteiger partial charge in [-0.15, -0.1) is 0 Å². The van der Waals surface area contributed by atoms with Crippen LogP contribution >= 0.6 is 0 Å². The summed E-state index contributed by atoms with van der Waals surface area (Å²) in [6, 6.07) is 7.90. The maximum absolute atomic E-state index is 11.0. The zero-order chi connectivity index (χ0) is 13.1. The highest BCUT2D eigenvalue weighted by Crippen LogP contribution is 2.27. The highest BCUT2D eigenvalue weighted by atomic mass is 16.5. The summed E-state index contributed by atoms with van der Waals surface area (Å²) in [5, 5.41) is 9.04. The van der Waals surface area contributed by atoms with Crippen molar-refractivity contribution in [3.63, 3.8) is 0 Å². The molecule has 0 unspecified atom stereocenters. The number of carboxylic acid groups (broad SMARTS) is 1. The van der Waals surface area contributed by atoms with Crippen LogP contribution in [0.15, 0.2) is 36.5 Å². The lowest BCUT2D eigenvalue weighted by atomic mass is 10.2. The van der Waals surface area contributed by atoms with Crippen molar-refractivity contribution in [1.82, 2.24) is 4.98 Å². The summed E-state index contributed by atoms with van der Waals surface area (Å²) in [6.07, 6.45) is 1.53. The van der Waals surface area contributed by atoms with Crippen molar-refractivity contribution >= 4 is 11.7 Å². The van der Waals surface area contributed by atoms with E-state index in [1.165, 1.54) is 24.4 Å². The van der Waals surface area contributed by atoms with Gasteiger partial charge in [0.15, 0.2) is 0 Å². The van der Waals surface area contributed by atoms with Crippen LogP contribution in [0.25, 0.3) is 0 Å². The molecule has 0 radical (unpaired) electrons. The average molecular weight is 244 g/mol. The number of aromatic nitrogens is 1. The molecule has 0 atom stereocenters. The number of hydrogen-bond acceptors (Lipinski definition) is 4. The van der Waals surface area contributed by atoms with Gasteiger partial charge in [0.25, 0.3) is 0 Å². The fourth-order valence-electron chi connectivity index (χ4n) is 1.44. The van der Waals surface area contributed by atoms with E-state index in [1.807, 2.05) is 6.92 Å². The quantitative estimate of drug-likeness (QED) is 0.810. The molecule has 0 saturated carbocycles. The number of anilines is 1. The first-order valence-corrected chi connectivity index (χ1v) is 5.29. The zero-order valence-corrected chi connectivity index (χ0v) is 9.75. The highest BCUT2D eigenvalue weighted by Gasteiger charge is 2.12. The number of nitrogens with zero attached hydrogens (tertiary/aromatic N) is 1. The Kier molecular flexibility index (Phi) is 3.14. The van der Waals surface area contributed by atoms with Crippen molar-refractivity contribution in [3.05, 3.63) is 47.8 Å². The molecule has 5 heteroatoms. The summed E-state index contributed by atoms with van der Waals surface area (Å²) in [6.45, 7) is 1.85. The summed E-state index contributed by atoms with van der Waals surface area (Å²) in [5.41, 5.74) is 6.97. The number of hydrogen-bond donors (Lipinski definition) is 2. The molecule has 0 aliphatic heterocycles. The summed E-state index contributed by atoms with van der Waals surface area (Å²) < 4.78 is 5.48. The smallest absolute Gasteiger partial charge is 0.339 e. The number of carbonyl (C=O) groups is 1. The summed E-state index contributed by atoms with van der Waals surface area (Å²) >= 11 is 0. The molecule has 2 aromatic rings. The van der Waals surface area contributed by atoms with Crippen LogP contribution in [-0.2, 0) is 0 Å². The number of aromatic carboxylic acids is 1. The Morgan fingerprint density at radius 1 is 1.33 bits per heavy atom. The summed E-state index contributed by atoms with van der Waals surface area (Å²) in [4.78, 5) is 15.1. The maximum Gasteiger partial charge on any atom is 0.339 e. The molecule has 0 aliphatic carbocycles. The average Bonchev–Trinajstić information content (AvgIpc) is 2.32. The predicted molar refractivity (Wildman–Crippen MR) is 66.9 cm³/mol. The van der Waals surface area contributed by atoms with Crippen LogP contribution in [0.5, 0.6) is 11.5 Å². The van der Waals surface area contributed by atoms with Crippen LogP contribution in [0.4, 0.5) is 5.69 Å². The number of benzene rings is 1. The van der Waals surface area contributed by atoms with Gasteiger partial charge in [-0.2, -0.15) is 0 Å². The molecule has 0 saturated heterocycles. The van der Waals surface area contributed by atoms with Crippen molar-refractivity contribution in [2.45, 2.75) is 6.92 Å². The Morgan fingerprint density at radius 2 is 2.11 bits per heavy atom. The second-order valence-electron chi connectivity index (χ2n) is 3.80. The van der Waals surface area contributed by atoms with Crippen LogP contribution in [0, 0.1) is 6.92 Å². The Hall–Kier alpha value is -2.56. The minimum absolute atomic E-state index is 0.0600. The molecule has 92 valence electrons. The lowest BCUT2D eigenvalue weighted by Gasteiger charge is -2.09. The van der Waals surface area contributed by atoms with Crippen molar-refractivity contribution in [3.8, 4) is 11.5 Å². The number of ether oxygens (including phenoxy) is 1. The van der Waals surface area contributed by atoms with Crippen molar-refractivity contribution in [2.75, 3.05) is 5.73 Å². The normalized spacial score (nSPS) is 10.1. The zero-order valence-electron chi connectivity index (χ0n) is 9.75. The summed E-state index contributed by atoms with van der Waals surface area (Å²) in [5.74, 6) is -0.396. The largest absolute Gasteiger partial charge is 0.478 e. The molecule has 0 spiro atoms. The minimum atomic E-state index is -1.06. The van der Waals surface area contributed by atoms with Crippen LogP contribution < -0.4 is 10.5 Å². The van der Waals surface area contributed by atoms with E-state index in [9.17, 15) is 4.79 Å². The SMILES string of the molecule is Cc1ccc(Oc2cc(N)ccc2C(=O)O)cn1. The first-order valence-electron chi connectivity index (χ1n) is 5.29. The van der Waals surface area contributed by atoms with E-state index in [-0.39, 0.29) is 11.3 Å². The molecule has 3 N–H and O–H groups in total. The van der Waals surface area contributed by atoms with Gasteiger partial charge in [-0.3, -0.25) is 4.98 Å². The Bertz CT molecular complexity index is 579. The van der Waals surface area contributed by atoms with E-state index in [2.05, 4.69) is 4.98 Å². The first kappa shape index (κ1) is 11.9. The standard InChI is InChI=1S/C13H12N2O3/c1-8-2-4-10(7-15-8)18-12-6-9(14)3-5-11(12)13(16)17/h2-7H,14H2,1H3,(H,16,17). The van der Waals surface area contributed by atoms with Crippen LogP contribution in [0.3, 0.4) is 0 Å². The molecule has 0 bridgehead atoms. The molecule has 1 heterocycles. The van der Waals surface area contributed by atoms with E-state index in [0.29, 0.717) is 11.4 Å². The molecule has 2 rings (SSSR count). The third-order valence-corrected chi connectivity index (χ3v) is 2.35. The fraction of sp³-hybridized carbons (Fsp3) is 0.0769. The molecule has 0 fully saturated rings. The Morgan fingerprint density at radius 3 is 2.72 bits per heavy atom. The molecule has 18 heavy (non-hydrogen) atoms. The molecule has 1 aromatic heterocycles. The van der Waals surface area contributed by atoms with Gasteiger partial charge in [0.05, 0.1) is 6.20 Å². The number of aryl methyl sites for hydroxylation is 1. The third-order valence-electron chi connectivity index (χ3n) is 2.35. The summed E-state index contributed by atoms with van der Waals surface area (Å²) in [7, 11) is 0. The van der Waals surface area contributed by atoms with Gasteiger partial charge >= 0.3 is 5.97 Å². The molecule has 0 amide bonds. The number of pyridine rings is 1. The highest BCUT2D eigenvalue weighted by molar-refractivity contribution is 5.91. The lowest BCUT2D eigenvalue weighted by Crippen LogP contribution is -2.01. The van der Waals surface area contributed by atoms with Gasteiger partial charge in [-0.1, -0.05) is 0 Å². The van der Waals surface area contributed by atoms with Crippen molar-refractivity contribution in [2.24, 2.45) is 0 Å². The number of carboxylic acids is 1. The molecule has 1 aromatic carbocycles. The van der Waals surface area contributed by atoms with E-state index >= 15 is 0 Å². The maximum atomic E-state index is 11.0. The van der Waals surface area contributed by atoms with E-state index in [1.54, 1.807) is 12.1 Å². The van der Waals surface area contributed by atoms with Gasteiger partial charge in [-0.25, -0.2) is 4.79 Å². The molecular weight excluding hydrogens is 232 g/mol. The number of nitrogen functional groups attached to an aromatic ring is 1. The second-order valence-corrected chi connectivity index (χ2v) is 3.80. The first-order chi connectivity index (χ1) is 8.56. The van der Waals surface area contributed by atoms with Crippen LogP contribution in [-0.4, -0.2) is 16.1 Å². The van der Waals surface area contributed by atoms with E-state index in [0.717, 1.165) is 5.69 Å². The van der Waals surface area contributed by atoms with Crippen molar-refractivity contribution in [1.29, 1.82) is 0 Å². The van der Waals surface area contributed by atoms with Gasteiger partial charge in [-0.05, 0) is 31.2 Å². The Balaban J connectivity index is 2.35. The monoisotopic (exact) mass is 244 g/mol. The lowest BCUT2D eigenvalue weighted by molar-refractivity contribution is 0.0694. The number of rotatable bonds is 3. The van der Waals surface area contributed by atoms with Gasteiger partial charge in [0.1, 0.15) is 17.1 Å². The number of nitrogens with two attached hydrogens (primary N) is 1. The van der Waals surface area contributed by atoms with Gasteiger partial charge in [0.2, 0.25) is 0 Å². The topological polar surface area (TPSA) is 85.4 Å². The fourth-order valence-corrected chi connectivity index (χ4v) is 1.44. The minimum Gasteiger partial charge on any atom is -0.478 e. The van der Waals surface area contributed by atoms with E-state index < -0.39 is 5.97 Å². The Labute approximate surface area is 104 Å². The van der Waals surface area contributed by atoms with E-state index in [4.69, 9.17) is 15.6 Å². The predicted octanol–water partition coefficient (Wildman–Crippen LogP) is 2.46. The molecule has 5 nitrogen and oxygen atoms in total. The van der Waals surface area contributed by atoms with Gasteiger partial charge < -0.3 is 15.6 Å². The van der Waals surface area contributed by atoms with Crippen LogP contribution in [0.1, 0.15) is 16.1 Å². The third kappa shape index (κ3) is 2.57.